The molecule has 1 atom stereocenters. The molecule has 0 fully saturated rings. The number of hydrogen-bond donors (Lipinski definition) is 4. The van der Waals surface area contributed by atoms with Gasteiger partial charge in [0.2, 0.25) is 0 Å². The van der Waals surface area contributed by atoms with Gasteiger partial charge in [0.25, 0.3) is 0 Å². The van der Waals surface area contributed by atoms with Crippen molar-refractivity contribution in [2.24, 2.45) is 5.92 Å². The highest BCUT2D eigenvalue weighted by Crippen LogP contribution is 2.44. The van der Waals surface area contributed by atoms with Crippen LogP contribution in [0.5, 0.6) is 5.75 Å². The lowest BCUT2D eigenvalue weighted by Crippen LogP contribution is -2.11. The van der Waals surface area contributed by atoms with Crippen LogP contribution in [0.15, 0.2) is 51.9 Å². The minimum atomic E-state index is -4.78. The van der Waals surface area contributed by atoms with Crippen LogP contribution in [0.2, 0.25) is 0 Å². The summed E-state index contributed by atoms with van der Waals surface area (Å²) < 4.78 is 57.3. The molecule has 0 aliphatic heterocycles. The molecule has 1 aromatic rings. The van der Waals surface area contributed by atoms with Crippen molar-refractivity contribution in [3.05, 3.63) is 57.5 Å². The molecule has 180 valence electrons. The Morgan fingerprint density at radius 1 is 1.25 bits per heavy atom. The standard InChI is InChI=1S/C19H22BrF3NO5P.C2H6/c1-3-11(2)14-6-4-13(5-7-17(14)25)29-18-15(19(21,22)23)8-12(9-16(18)20)24-10-30(26,27)28;1-2/h4-5,7-9,11,24-25H,3,6,10H2,1-2H3,(H2,26,27,28);1-2H3. The van der Waals surface area contributed by atoms with E-state index in [0.717, 1.165) is 18.1 Å². The fourth-order valence-electron chi connectivity index (χ4n) is 2.75. The lowest BCUT2D eigenvalue weighted by Gasteiger charge is -2.18. The number of ether oxygens (including phenoxy) is 1. The zero-order valence-electron chi connectivity index (χ0n) is 18.2. The summed E-state index contributed by atoms with van der Waals surface area (Å²) in [7, 11) is -4.46. The van der Waals surface area contributed by atoms with Gasteiger partial charge in [-0.25, -0.2) is 0 Å². The van der Waals surface area contributed by atoms with E-state index in [4.69, 9.17) is 14.5 Å². The van der Waals surface area contributed by atoms with Crippen LogP contribution >= 0.6 is 23.5 Å². The summed E-state index contributed by atoms with van der Waals surface area (Å²) in [6, 6.07) is 1.96. The van der Waals surface area contributed by atoms with E-state index in [1.807, 2.05) is 27.7 Å². The molecule has 32 heavy (non-hydrogen) atoms. The van der Waals surface area contributed by atoms with Crippen LogP contribution in [0, 0.1) is 5.92 Å². The third-order valence-electron chi connectivity index (χ3n) is 4.52. The Morgan fingerprint density at radius 2 is 1.88 bits per heavy atom. The quantitative estimate of drug-likeness (QED) is 0.274. The number of allylic oxidation sites excluding steroid dienone is 4. The topological polar surface area (TPSA) is 99.0 Å². The molecule has 1 aliphatic rings. The van der Waals surface area contributed by atoms with Gasteiger partial charge in [-0.15, -0.1) is 0 Å². The zero-order chi connectivity index (χ0) is 24.7. The van der Waals surface area contributed by atoms with Crippen molar-refractivity contribution in [1.82, 2.24) is 0 Å². The maximum Gasteiger partial charge on any atom is 0.420 e. The molecule has 11 heteroatoms. The Morgan fingerprint density at radius 3 is 2.41 bits per heavy atom. The molecule has 0 heterocycles. The number of hydrogen-bond acceptors (Lipinski definition) is 4. The van der Waals surface area contributed by atoms with Crippen LogP contribution in [0.1, 0.15) is 46.1 Å². The molecule has 0 amide bonds. The molecule has 1 unspecified atom stereocenters. The molecular weight excluding hydrogens is 514 g/mol. The summed E-state index contributed by atoms with van der Waals surface area (Å²) >= 11 is 3.05. The predicted octanol–water partition coefficient (Wildman–Crippen LogP) is 7.12. The van der Waals surface area contributed by atoms with E-state index in [0.29, 0.717) is 6.42 Å². The van der Waals surface area contributed by atoms with Gasteiger partial charge in [0.1, 0.15) is 23.4 Å². The lowest BCUT2D eigenvalue weighted by molar-refractivity contribution is -0.138. The number of alkyl halides is 3. The molecule has 1 aliphatic carbocycles. The highest BCUT2D eigenvalue weighted by atomic mass is 79.9. The number of nitrogens with one attached hydrogen (secondary N) is 1. The van der Waals surface area contributed by atoms with Crippen LogP contribution < -0.4 is 10.1 Å². The van der Waals surface area contributed by atoms with Gasteiger partial charge < -0.3 is 24.9 Å². The fraction of sp³-hybridized carbons (Fsp3) is 0.429. The normalized spacial score (nSPS) is 15.4. The van der Waals surface area contributed by atoms with Crippen LogP contribution in [0.3, 0.4) is 0 Å². The Hall–Kier alpha value is -1.74. The maximum absolute atomic E-state index is 13.6. The number of aliphatic hydroxyl groups is 1. The van der Waals surface area contributed by atoms with Crippen molar-refractivity contribution in [1.29, 1.82) is 0 Å². The number of anilines is 1. The van der Waals surface area contributed by atoms with Crippen LogP contribution in [-0.2, 0) is 10.7 Å². The van der Waals surface area contributed by atoms with Crippen LogP contribution in [0.4, 0.5) is 18.9 Å². The molecule has 0 radical (unpaired) electrons. The molecule has 0 saturated carbocycles. The summed E-state index contributed by atoms with van der Waals surface area (Å²) in [6.45, 7) is 7.91. The van der Waals surface area contributed by atoms with Gasteiger partial charge in [0.15, 0.2) is 5.75 Å². The average Bonchev–Trinajstić information content (AvgIpc) is 2.89. The third-order valence-corrected chi connectivity index (χ3v) is 5.68. The minimum Gasteiger partial charge on any atom is -0.508 e. The highest BCUT2D eigenvalue weighted by molar-refractivity contribution is 9.10. The molecule has 0 saturated heterocycles. The van der Waals surface area contributed by atoms with Gasteiger partial charge in [-0.3, -0.25) is 4.57 Å². The second-order valence-electron chi connectivity index (χ2n) is 6.80. The third kappa shape index (κ3) is 8.31. The fourth-order valence-corrected chi connectivity index (χ4v) is 3.68. The smallest absolute Gasteiger partial charge is 0.420 e. The Labute approximate surface area is 194 Å². The monoisotopic (exact) mass is 541 g/mol. The second-order valence-corrected chi connectivity index (χ2v) is 9.30. The first kappa shape index (κ1) is 28.3. The first-order chi connectivity index (χ1) is 14.8. The zero-order valence-corrected chi connectivity index (χ0v) is 20.7. The summed E-state index contributed by atoms with van der Waals surface area (Å²) in [5, 5.41) is 12.5. The molecule has 2 rings (SSSR count). The van der Waals surface area contributed by atoms with Crippen molar-refractivity contribution < 1.29 is 37.4 Å². The van der Waals surface area contributed by atoms with Gasteiger partial charge in [-0.1, -0.05) is 27.7 Å². The Balaban J connectivity index is 0.00000249. The van der Waals surface area contributed by atoms with E-state index in [-0.39, 0.29) is 27.6 Å². The van der Waals surface area contributed by atoms with Gasteiger partial charge in [-0.05, 0) is 70.6 Å². The van der Waals surface area contributed by atoms with Crippen LogP contribution in [-0.4, -0.2) is 21.2 Å². The van der Waals surface area contributed by atoms with E-state index in [1.54, 1.807) is 6.08 Å². The van der Waals surface area contributed by atoms with Gasteiger partial charge in [-0.2, -0.15) is 13.2 Å². The van der Waals surface area contributed by atoms with E-state index in [2.05, 4.69) is 21.2 Å². The SMILES string of the molecule is CC.CCC(C)C1=C(O)C=CC(Oc2c(Br)cc(NCP(=O)(O)O)cc2C(F)(F)F)=CC1. The molecule has 4 N–H and O–H groups in total. The van der Waals surface area contributed by atoms with Crippen molar-refractivity contribution in [3.8, 4) is 5.75 Å². The number of benzene rings is 1. The number of rotatable bonds is 7. The second kappa shape index (κ2) is 11.9. The highest BCUT2D eigenvalue weighted by Gasteiger charge is 2.36. The number of aliphatic hydroxyl groups excluding tert-OH is 1. The predicted molar refractivity (Wildman–Crippen MR) is 123 cm³/mol. The maximum atomic E-state index is 13.6. The molecule has 6 nitrogen and oxygen atoms in total. The Kier molecular flexibility index (Phi) is 10.5. The molecular formula is C21H28BrF3NO5P. The number of halogens is 4. The molecule has 0 spiro atoms. The van der Waals surface area contributed by atoms with Crippen LogP contribution in [0.25, 0.3) is 0 Å². The average molecular weight is 542 g/mol. The molecule has 0 aromatic heterocycles. The minimum absolute atomic E-state index is 0.0524. The summed E-state index contributed by atoms with van der Waals surface area (Å²) in [5.74, 6) is -0.206. The summed E-state index contributed by atoms with van der Waals surface area (Å²) in [4.78, 5) is 17.9. The van der Waals surface area contributed by atoms with E-state index >= 15 is 0 Å². The van der Waals surface area contributed by atoms with Crippen molar-refractivity contribution in [2.75, 3.05) is 11.6 Å². The van der Waals surface area contributed by atoms with Gasteiger partial charge >= 0.3 is 13.8 Å². The Bertz CT molecular complexity index is 938. The van der Waals surface area contributed by atoms with Gasteiger partial charge in [0.05, 0.1) is 4.47 Å². The van der Waals surface area contributed by atoms with E-state index in [9.17, 15) is 22.8 Å². The first-order valence-electron chi connectivity index (χ1n) is 9.99. The lowest BCUT2D eigenvalue weighted by atomic mass is 9.95. The van der Waals surface area contributed by atoms with E-state index in [1.165, 1.54) is 18.2 Å². The molecule has 1 aromatic carbocycles. The van der Waals surface area contributed by atoms with Gasteiger partial charge in [0, 0.05) is 5.69 Å². The van der Waals surface area contributed by atoms with Crippen molar-refractivity contribution in [2.45, 2.75) is 46.7 Å². The largest absolute Gasteiger partial charge is 0.508 e. The first-order valence-corrected chi connectivity index (χ1v) is 12.6. The summed E-state index contributed by atoms with van der Waals surface area (Å²) in [6.07, 6.45) is -0.111. The van der Waals surface area contributed by atoms with Crippen molar-refractivity contribution >= 4 is 29.2 Å². The van der Waals surface area contributed by atoms with Crippen molar-refractivity contribution in [3.63, 3.8) is 0 Å². The summed E-state index contributed by atoms with van der Waals surface area (Å²) in [5.41, 5.74) is -0.490. The van der Waals surface area contributed by atoms with E-state index < -0.39 is 31.4 Å². The molecule has 0 bridgehead atoms.